The fourth-order valence-corrected chi connectivity index (χ4v) is 7.18. The van der Waals surface area contributed by atoms with Crippen molar-refractivity contribution in [2.45, 2.75) is 98.0 Å². The Morgan fingerprint density at radius 2 is 1.84 bits per heavy atom. The van der Waals surface area contributed by atoms with Gasteiger partial charge < -0.3 is 24.0 Å². The Morgan fingerprint density at radius 3 is 2.56 bits per heavy atom. The van der Waals surface area contributed by atoms with E-state index in [0.717, 1.165) is 94.0 Å². The predicted octanol–water partition coefficient (Wildman–Crippen LogP) is 5.06. The van der Waals surface area contributed by atoms with Crippen LogP contribution in [0.3, 0.4) is 0 Å². The first-order valence-electron chi connectivity index (χ1n) is 18.4. The number of piperazine rings is 1. The number of aromatic nitrogens is 5. The lowest BCUT2D eigenvalue weighted by Gasteiger charge is -2.35. The zero-order valence-corrected chi connectivity index (χ0v) is 30.8. The normalized spacial score (nSPS) is 18.4. The van der Waals surface area contributed by atoms with Gasteiger partial charge in [-0.1, -0.05) is 12.5 Å². The van der Waals surface area contributed by atoms with Crippen molar-refractivity contribution < 1.29 is 14.3 Å². The maximum atomic E-state index is 14.0. The Balaban J connectivity index is 1.07. The fourth-order valence-electron chi connectivity index (χ4n) is 7.18. The van der Waals surface area contributed by atoms with E-state index >= 15 is 0 Å². The van der Waals surface area contributed by atoms with Crippen molar-refractivity contribution in [3.05, 3.63) is 47.4 Å². The molecule has 13 nitrogen and oxygen atoms in total. The van der Waals surface area contributed by atoms with Gasteiger partial charge in [0.05, 0.1) is 17.8 Å². The minimum Gasteiger partial charge on any atom is -0.444 e. The molecule has 0 aliphatic carbocycles. The molecule has 0 bridgehead atoms. The van der Waals surface area contributed by atoms with Crippen LogP contribution in [0, 0.1) is 0 Å². The summed E-state index contributed by atoms with van der Waals surface area (Å²) in [6, 6.07) is 8.14. The van der Waals surface area contributed by atoms with E-state index in [2.05, 4.69) is 38.9 Å². The summed E-state index contributed by atoms with van der Waals surface area (Å²) in [5, 5.41) is 8.34. The molecule has 2 amide bonds. The second-order valence-electron chi connectivity index (χ2n) is 15.0. The van der Waals surface area contributed by atoms with Crippen molar-refractivity contribution in [1.29, 1.82) is 0 Å². The molecule has 3 aromatic rings. The van der Waals surface area contributed by atoms with E-state index in [1.54, 1.807) is 11.2 Å². The van der Waals surface area contributed by atoms with E-state index in [0.29, 0.717) is 49.6 Å². The molecule has 0 unspecified atom stereocenters. The third-order valence-corrected chi connectivity index (χ3v) is 9.99. The highest BCUT2D eigenvalue weighted by atomic mass is 16.6. The lowest BCUT2D eigenvalue weighted by molar-refractivity contribution is 0.0144. The van der Waals surface area contributed by atoms with Gasteiger partial charge in [0.1, 0.15) is 29.3 Å². The molecule has 0 spiro atoms. The molecule has 0 aromatic carbocycles. The highest BCUT2D eigenvalue weighted by Gasteiger charge is 2.35. The van der Waals surface area contributed by atoms with Crippen molar-refractivity contribution in [3.8, 4) is 11.5 Å². The van der Waals surface area contributed by atoms with Gasteiger partial charge in [-0.3, -0.25) is 14.6 Å². The van der Waals surface area contributed by atoms with E-state index in [1.807, 2.05) is 61.4 Å². The number of fused-ring (bicyclic) bond motifs is 1. The van der Waals surface area contributed by atoms with E-state index < -0.39 is 5.60 Å². The molecular formula is C37H54N10O3. The molecular weight excluding hydrogens is 632 g/mol. The van der Waals surface area contributed by atoms with Gasteiger partial charge in [0.15, 0.2) is 5.82 Å². The molecule has 2 saturated heterocycles. The van der Waals surface area contributed by atoms with Gasteiger partial charge >= 0.3 is 6.09 Å². The van der Waals surface area contributed by atoms with E-state index in [4.69, 9.17) is 14.7 Å². The average Bonchev–Trinajstić information content (AvgIpc) is 3.83. The lowest BCUT2D eigenvalue weighted by atomic mass is 10.1. The van der Waals surface area contributed by atoms with Gasteiger partial charge in [0, 0.05) is 57.4 Å². The van der Waals surface area contributed by atoms with E-state index in [1.165, 1.54) is 0 Å². The summed E-state index contributed by atoms with van der Waals surface area (Å²) in [7, 11) is 2.15. The number of rotatable bonds is 12. The van der Waals surface area contributed by atoms with Crippen molar-refractivity contribution in [2.24, 2.45) is 0 Å². The topological polar surface area (TPSA) is 116 Å². The van der Waals surface area contributed by atoms with Gasteiger partial charge in [-0.05, 0) is 98.6 Å². The second kappa shape index (κ2) is 15.4. The van der Waals surface area contributed by atoms with Crippen LogP contribution in [-0.2, 0) is 24.4 Å². The summed E-state index contributed by atoms with van der Waals surface area (Å²) in [4.78, 5) is 47.3. The summed E-state index contributed by atoms with van der Waals surface area (Å²) in [6.07, 6.45) is 7.10. The van der Waals surface area contributed by atoms with Crippen molar-refractivity contribution in [2.75, 3.05) is 62.7 Å². The van der Waals surface area contributed by atoms with Crippen LogP contribution in [0.2, 0.25) is 0 Å². The van der Waals surface area contributed by atoms with E-state index in [9.17, 15) is 9.59 Å². The van der Waals surface area contributed by atoms with Gasteiger partial charge in [0.25, 0.3) is 5.91 Å². The van der Waals surface area contributed by atoms with Gasteiger partial charge in [-0.15, -0.1) is 10.2 Å². The molecule has 0 saturated carbocycles. The van der Waals surface area contributed by atoms with Gasteiger partial charge in [0.2, 0.25) is 0 Å². The SMILES string of the molecule is CCn1cnnc1-c1cccc(N2Cc3c(cc(N4CCC[C@H]4C)nc3CN(C)CCCCCN3CCN(C(=O)OC(C)(C)C)CC3)C2=O)n1. The summed E-state index contributed by atoms with van der Waals surface area (Å²) in [5.41, 5.74) is 2.92. The van der Waals surface area contributed by atoms with Crippen molar-refractivity contribution in [1.82, 2.24) is 39.4 Å². The molecule has 3 aromatic heterocycles. The summed E-state index contributed by atoms with van der Waals surface area (Å²) < 4.78 is 7.48. The fraction of sp³-hybridized carbons (Fsp3) is 0.622. The maximum absolute atomic E-state index is 14.0. The number of ether oxygens (including phenoxy) is 1. The minimum absolute atomic E-state index is 0.0343. The molecule has 270 valence electrons. The Kier molecular flexibility index (Phi) is 11.0. The zero-order valence-electron chi connectivity index (χ0n) is 30.8. The highest BCUT2D eigenvalue weighted by Crippen LogP contribution is 2.34. The number of carbonyl (C=O) groups is 2. The number of anilines is 2. The van der Waals surface area contributed by atoms with Gasteiger partial charge in [-0.2, -0.15) is 0 Å². The van der Waals surface area contributed by atoms with E-state index in [-0.39, 0.29) is 12.0 Å². The third kappa shape index (κ3) is 8.26. The van der Waals surface area contributed by atoms with Crippen LogP contribution in [0.15, 0.2) is 30.6 Å². The lowest BCUT2D eigenvalue weighted by Crippen LogP contribution is -2.50. The molecule has 2 fully saturated rings. The number of pyridine rings is 2. The van der Waals surface area contributed by atoms with Crippen molar-refractivity contribution in [3.63, 3.8) is 0 Å². The van der Waals surface area contributed by atoms with Crippen molar-refractivity contribution >= 4 is 23.6 Å². The second-order valence-corrected chi connectivity index (χ2v) is 15.0. The van der Waals surface area contributed by atoms with Gasteiger partial charge in [-0.25, -0.2) is 14.8 Å². The molecule has 6 rings (SSSR count). The summed E-state index contributed by atoms with van der Waals surface area (Å²) >= 11 is 0. The van der Waals surface area contributed by atoms with Crippen LogP contribution in [0.25, 0.3) is 11.5 Å². The Hall–Kier alpha value is -4.10. The van der Waals surface area contributed by atoms with Crippen LogP contribution in [0.5, 0.6) is 0 Å². The number of carbonyl (C=O) groups excluding carboxylic acids is 2. The molecule has 13 heteroatoms. The standard InChI is InChI=1S/C37H54N10O3/c1-7-44-26-38-41-34(44)30-14-11-15-32(39-30)47-24-29-28(35(47)48)23-33(46-18-12-13-27(46)2)40-31(29)25-42(6)16-9-8-10-17-43-19-21-45(22-20-43)36(49)50-37(3,4)5/h11,14-15,23,26-27H,7-10,12-13,16-22,24-25H2,1-6H3/t27-/m1/s1. The molecule has 0 N–H and O–H groups in total. The predicted molar refractivity (Wildman–Crippen MR) is 194 cm³/mol. The highest BCUT2D eigenvalue weighted by molar-refractivity contribution is 6.10. The van der Waals surface area contributed by atoms with Crippen LogP contribution in [-0.4, -0.2) is 116 Å². The number of hydrogen-bond donors (Lipinski definition) is 0. The first kappa shape index (κ1) is 35.7. The van der Waals surface area contributed by atoms with Crippen LogP contribution < -0.4 is 9.80 Å². The van der Waals surface area contributed by atoms with Crippen LogP contribution in [0.1, 0.15) is 88.3 Å². The van der Waals surface area contributed by atoms with Crippen LogP contribution in [0.4, 0.5) is 16.4 Å². The molecule has 3 aliphatic rings. The number of aryl methyl sites for hydroxylation is 1. The smallest absolute Gasteiger partial charge is 0.410 e. The Morgan fingerprint density at radius 1 is 1.04 bits per heavy atom. The average molecular weight is 687 g/mol. The monoisotopic (exact) mass is 686 g/mol. The zero-order chi connectivity index (χ0) is 35.4. The third-order valence-electron chi connectivity index (χ3n) is 9.99. The number of nitrogens with zero attached hydrogens (tertiary/aromatic N) is 10. The first-order valence-corrected chi connectivity index (χ1v) is 18.4. The molecule has 1 atom stereocenters. The molecule has 3 aliphatic heterocycles. The Bertz CT molecular complexity index is 1640. The quantitative estimate of drug-likeness (QED) is 0.240. The molecule has 6 heterocycles. The molecule has 50 heavy (non-hydrogen) atoms. The van der Waals surface area contributed by atoms with Crippen LogP contribution >= 0.6 is 0 Å². The number of amides is 2. The Labute approximate surface area is 296 Å². The largest absolute Gasteiger partial charge is 0.444 e. The number of hydrogen-bond acceptors (Lipinski definition) is 10. The maximum Gasteiger partial charge on any atom is 0.410 e. The number of unbranched alkanes of at least 4 members (excludes halogenated alkanes) is 2. The first-order chi connectivity index (χ1) is 24.0. The minimum atomic E-state index is -0.465. The summed E-state index contributed by atoms with van der Waals surface area (Å²) in [6.45, 7) is 18.0. The summed E-state index contributed by atoms with van der Waals surface area (Å²) in [5.74, 6) is 2.16. The molecule has 0 radical (unpaired) electrons.